The van der Waals surface area contributed by atoms with Crippen molar-refractivity contribution in [3.05, 3.63) is 53.9 Å². The van der Waals surface area contributed by atoms with Gasteiger partial charge in [-0.05, 0) is 24.6 Å². The highest BCUT2D eigenvalue weighted by atomic mass is 19.1. The van der Waals surface area contributed by atoms with Crippen LogP contribution in [0, 0.1) is 5.82 Å². The number of aryl methyl sites for hydroxylation is 1. The van der Waals surface area contributed by atoms with Gasteiger partial charge in [0.1, 0.15) is 11.6 Å². The summed E-state index contributed by atoms with van der Waals surface area (Å²) in [5.74, 6) is -0.436. The second kappa shape index (κ2) is 6.99. The van der Waals surface area contributed by atoms with Crippen LogP contribution < -0.4 is 0 Å². The average molecular weight is 291 g/mol. The Morgan fingerprint density at radius 1 is 1.43 bits per heavy atom. The van der Waals surface area contributed by atoms with Gasteiger partial charge in [0, 0.05) is 25.5 Å². The summed E-state index contributed by atoms with van der Waals surface area (Å²) >= 11 is 0. The summed E-state index contributed by atoms with van der Waals surface area (Å²) in [7, 11) is 0. The normalized spacial score (nSPS) is 11.0. The lowest BCUT2D eigenvalue weighted by molar-refractivity contribution is -0.138. The van der Waals surface area contributed by atoms with E-state index in [2.05, 4.69) is 4.98 Å². The Balaban J connectivity index is 2.12. The molecule has 0 saturated heterocycles. The number of aliphatic carboxylic acids is 1. The zero-order valence-electron chi connectivity index (χ0n) is 11.9. The molecule has 1 heterocycles. The fourth-order valence-corrected chi connectivity index (χ4v) is 2.23. The fourth-order valence-electron chi connectivity index (χ4n) is 2.23. The Kier molecular flexibility index (Phi) is 5.05. The molecule has 0 aliphatic heterocycles. The monoisotopic (exact) mass is 291 g/mol. The lowest BCUT2D eigenvalue weighted by Gasteiger charge is -2.20. The molecule has 2 aromatic rings. The Bertz CT molecular complexity index is 612. The second-order valence-electron chi connectivity index (χ2n) is 4.80. The Hall–Kier alpha value is -2.21. The standard InChI is InChI=1S/C15H18FN3O2/c1-2-19-7-6-17-14(19)10-18(11-15(20)21)9-12-4-3-5-13(16)8-12/h3-8H,2,9-11H2,1H3,(H,20,21). The molecule has 0 bridgehead atoms. The molecule has 0 amide bonds. The summed E-state index contributed by atoms with van der Waals surface area (Å²) < 4.78 is 15.2. The molecular weight excluding hydrogens is 273 g/mol. The maximum atomic E-state index is 13.2. The van der Waals surface area contributed by atoms with Crippen molar-refractivity contribution < 1.29 is 14.3 Å². The molecule has 112 valence electrons. The zero-order chi connectivity index (χ0) is 15.2. The van der Waals surface area contributed by atoms with Crippen molar-refractivity contribution in [3.63, 3.8) is 0 Å². The van der Waals surface area contributed by atoms with Crippen molar-refractivity contribution in [2.45, 2.75) is 26.6 Å². The van der Waals surface area contributed by atoms with Gasteiger partial charge in [0.15, 0.2) is 0 Å². The fraction of sp³-hybridized carbons (Fsp3) is 0.333. The second-order valence-corrected chi connectivity index (χ2v) is 4.80. The Morgan fingerprint density at radius 2 is 2.24 bits per heavy atom. The van der Waals surface area contributed by atoms with Crippen LogP contribution in [0.2, 0.25) is 0 Å². The molecule has 21 heavy (non-hydrogen) atoms. The highest BCUT2D eigenvalue weighted by molar-refractivity contribution is 5.69. The highest BCUT2D eigenvalue weighted by Crippen LogP contribution is 2.10. The van der Waals surface area contributed by atoms with E-state index in [1.165, 1.54) is 12.1 Å². The quantitative estimate of drug-likeness (QED) is 0.849. The van der Waals surface area contributed by atoms with Crippen LogP contribution in [0.4, 0.5) is 4.39 Å². The van der Waals surface area contributed by atoms with E-state index in [1.54, 1.807) is 23.2 Å². The van der Waals surface area contributed by atoms with Crippen LogP contribution in [-0.4, -0.2) is 32.1 Å². The molecule has 0 saturated carbocycles. The zero-order valence-corrected chi connectivity index (χ0v) is 11.9. The summed E-state index contributed by atoms with van der Waals surface area (Å²) in [5.41, 5.74) is 0.742. The van der Waals surface area contributed by atoms with E-state index in [-0.39, 0.29) is 12.4 Å². The van der Waals surface area contributed by atoms with E-state index >= 15 is 0 Å². The molecule has 5 nitrogen and oxygen atoms in total. The van der Waals surface area contributed by atoms with Crippen molar-refractivity contribution in [2.75, 3.05) is 6.54 Å². The first kappa shape index (κ1) is 15.2. The molecule has 1 N–H and O–H groups in total. The number of hydrogen-bond acceptors (Lipinski definition) is 3. The van der Waals surface area contributed by atoms with Gasteiger partial charge in [0.05, 0.1) is 13.1 Å². The van der Waals surface area contributed by atoms with Gasteiger partial charge in [0.25, 0.3) is 0 Å². The molecule has 0 fully saturated rings. The van der Waals surface area contributed by atoms with Gasteiger partial charge >= 0.3 is 5.97 Å². The molecule has 2 rings (SSSR count). The van der Waals surface area contributed by atoms with Crippen molar-refractivity contribution >= 4 is 5.97 Å². The van der Waals surface area contributed by atoms with Gasteiger partial charge < -0.3 is 9.67 Å². The minimum Gasteiger partial charge on any atom is -0.480 e. The smallest absolute Gasteiger partial charge is 0.317 e. The summed E-state index contributed by atoms with van der Waals surface area (Å²) in [6, 6.07) is 6.19. The van der Waals surface area contributed by atoms with Crippen LogP contribution in [0.15, 0.2) is 36.7 Å². The number of imidazole rings is 1. The van der Waals surface area contributed by atoms with E-state index < -0.39 is 5.97 Å². The summed E-state index contributed by atoms with van der Waals surface area (Å²) in [4.78, 5) is 17.0. The number of carboxylic acids is 1. The van der Waals surface area contributed by atoms with Crippen molar-refractivity contribution in [3.8, 4) is 0 Å². The SMILES string of the molecule is CCn1ccnc1CN(CC(=O)O)Cc1cccc(F)c1. The third kappa shape index (κ3) is 4.39. The highest BCUT2D eigenvalue weighted by Gasteiger charge is 2.14. The largest absolute Gasteiger partial charge is 0.480 e. The van der Waals surface area contributed by atoms with Gasteiger partial charge in [-0.15, -0.1) is 0 Å². The van der Waals surface area contributed by atoms with Gasteiger partial charge in [-0.3, -0.25) is 9.69 Å². The molecule has 0 spiro atoms. The molecule has 0 atom stereocenters. The molecule has 1 aromatic carbocycles. The first-order chi connectivity index (χ1) is 10.1. The number of aromatic nitrogens is 2. The number of benzene rings is 1. The number of hydrogen-bond donors (Lipinski definition) is 1. The summed E-state index contributed by atoms with van der Waals surface area (Å²) in [5, 5.41) is 9.03. The predicted molar refractivity (Wildman–Crippen MR) is 76.1 cm³/mol. The maximum Gasteiger partial charge on any atom is 0.317 e. The molecule has 0 aliphatic carbocycles. The van der Waals surface area contributed by atoms with E-state index in [0.29, 0.717) is 13.1 Å². The topological polar surface area (TPSA) is 58.4 Å². The first-order valence-corrected chi connectivity index (χ1v) is 6.77. The van der Waals surface area contributed by atoms with Crippen molar-refractivity contribution in [1.82, 2.24) is 14.5 Å². The number of halogens is 1. The average Bonchev–Trinajstić information content (AvgIpc) is 2.85. The molecule has 0 unspecified atom stereocenters. The van der Waals surface area contributed by atoms with E-state index in [0.717, 1.165) is 17.9 Å². The lowest BCUT2D eigenvalue weighted by Crippen LogP contribution is -2.30. The Morgan fingerprint density at radius 3 is 2.90 bits per heavy atom. The third-order valence-electron chi connectivity index (χ3n) is 3.16. The molecular formula is C15H18FN3O2. The van der Waals surface area contributed by atoms with Gasteiger partial charge in [-0.2, -0.15) is 0 Å². The van der Waals surface area contributed by atoms with E-state index in [1.807, 2.05) is 17.7 Å². The third-order valence-corrected chi connectivity index (χ3v) is 3.16. The van der Waals surface area contributed by atoms with Gasteiger partial charge in [-0.25, -0.2) is 9.37 Å². The van der Waals surface area contributed by atoms with Crippen LogP contribution >= 0.6 is 0 Å². The number of carbonyl (C=O) groups is 1. The van der Waals surface area contributed by atoms with Crippen molar-refractivity contribution in [2.24, 2.45) is 0 Å². The van der Waals surface area contributed by atoms with E-state index in [4.69, 9.17) is 5.11 Å². The number of nitrogens with zero attached hydrogens (tertiary/aromatic N) is 3. The van der Waals surface area contributed by atoms with Crippen LogP contribution in [0.3, 0.4) is 0 Å². The van der Waals surface area contributed by atoms with Crippen LogP contribution in [0.25, 0.3) is 0 Å². The molecule has 6 heteroatoms. The molecule has 0 radical (unpaired) electrons. The minimum absolute atomic E-state index is 0.118. The predicted octanol–water partition coefficient (Wildman–Crippen LogP) is 2.13. The Labute approximate surface area is 122 Å². The molecule has 0 aliphatic rings. The van der Waals surface area contributed by atoms with E-state index in [9.17, 15) is 9.18 Å². The molecule has 1 aromatic heterocycles. The van der Waals surface area contributed by atoms with Gasteiger partial charge in [-0.1, -0.05) is 12.1 Å². The maximum absolute atomic E-state index is 13.2. The minimum atomic E-state index is -0.916. The summed E-state index contributed by atoms with van der Waals surface area (Å²) in [6.07, 6.45) is 3.55. The lowest BCUT2D eigenvalue weighted by atomic mass is 10.2. The van der Waals surface area contributed by atoms with Crippen LogP contribution in [0.1, 0.15) is 18.3 Å². The number of carboxylic acid groups (broad SMARTS) is 1. The number of rotatable bonds is 7. The van der Waals surface area contributed by atoms with Gasteiger partial charge in [0.2, 0.25) is 0 Å². The van der Waals surface area contributed by atoms with Crippen LogP contribution in [0.5, 0.6) is 0 Å². The van der Waals surface area contributed by atoms with Crippen LogP contribution in [-0.2, 0) is 24.4 Å². The first-order valence-electron chi connectivity index (χ1n) is 6.77. The van der Waals surface area contributed by atoms with Crippen molar-refractivity contribution in [1.29, 1.82) is 0 Å². The summed E-state index contributed by atoms with van der Waals surface area (Å²) in [6.45, 7) is 3.42.